The molecule has 8 nitrogen and oxygen atoms in total. The van der Waals surface area contributed by atoms with Gasteiger partial charge >= 0.3 is 0 Å². The molecular weight excluding hydrogens is 724 g/mol. The minimum absolute atomic E-state index is 0.227. The fraction of sp³-hybridized carbons (Fsp3) is 0.0816. The SMILES string of the molecule is CCc1cc(OCc2ccc(-c3ccccc3)c(-c3nnn(C(c4ccccc4)(c4ccccc4)c4ccccc4)n3)c2)c2nc(Oc3ccc(F)cc3)ccc2n1. The molecule has 0 saturated heterocycles. The molecule has 0 fully saturated rings. The number of tetrazole rings is 1. The minimum atomic E-state index is -0.922. The van der Waals surface area contributed by atoms with E-state index in [9.17, 15) is 4.39 Å². The molecular formula is C49H37FN6O2. The molecule has 6 aromatic carbocycles. The van der Waals surface area contributed by atoms with Crippen LogP contribution in [0.2, 0.25) is 0 Å². The van der Waals surface area contributed by atoms with Crippen LogP contribution in [0.1, 0.15) is 34.9 Å². The van der Waals surface area contributed by atoms with Crippen LogP contribution in [0.25, 0.3) is 33.5 Å². The number of rotatable bonds is 12. The molecule has 9 rings (SSSR count). The molecule has 0 saturated carbocycles. The van der Waals surface area contributed by atoms with Gasteiger partial charge in [0.1, 0.15) is 29.4 Å². The highest BCUT2D eigenvalue weighted by atomic mass is 19.1. The summed E-state index contributed by atoms with van der Waals surface area (Å²) < 4.78 is 26.1. The molecule has 0 aliphatic heterocycles. The number of hydrogen-bond acceptors (Lipinski definition) is 7. The van der Waals surface area contributed by atoms with Crippen molar-refractivity contribution < 1.29 is 13.9 Å². The maximum absolute atomic E-state index is 13.5. The van der Waals surface area contributed by atoms with Crippen molar-refractivity contribution in [3.63, 3.8) is 0 Å². The maximum atomic E-state index is 13.5. The van der Waals surface area contributed by atoms with E-state index < -0.39 is 5.54 Å². The summed E-state index contributed by atoms with van der Waals surface area (Å²) in [5, 5.41) is 14.9. The second kappa shape index (κ2) is 15.9. The van der Waals surface area contributed by atoms with Gasteiger partial charge in [-0.05, 0) is 81.4 Å². The predicted molar refractivity (Wildman–Crippen MR) is 223 cm³/mol. The normalized spacial score (nSPS) is 11.4. The van der Waals surface area contributed by atoms with Crippen molar-refractivity contribution in [2.75, 3.05) is 0 Å². The van der Waals surface area contributed by atoms with Crippen LogP contribution < -0.4 is 9.47 Å². The fourth-order valence-corrected chi connectivity index (χ4v) is 7.33. The highest BCUT2D eigenvalue weighted by Crippen LogP contribution is 2.41. The van der Waals surface area contributed by atoms with Crippen LogP contribution in [0.15, 0.2) is 182 Å². The van der Waals surface area contributed by atoms with Crippen molar-refractivity contribution >= 4 is 11.0 Å². The number of nitrogens with zero attached hydrogens (tertiary/aromatic N) is 6. The van der Waals surface area contributed by atoms with Crippen LogP contribution in [0.5, 0.6) is 17.4 Å². The van der Waals surface area contributed by atoms with Gasteiger partial charge in [-0.1, -0.05) is 140 Å². The van der Waals surface area contributed by atoms with E-state index in [4.69, 9.17) is 34.9 Å². The van der Waals surface area contributed by atoms with Crippen molar-refractivity contribution in [2.24, 2.45) is 0 Å². The first kappa shape index (κ1) is 36.1. The smallest absolute Gasteiger partial charge is 0.220 e. The largest absolute Gasteiger partial charge is 0.486 e. The van der Waals surface area contributed by atoms with Crippen LogP contribution in [0, 0.1) is 5.82 Å². The number of ether oxygens (including phenoxy) is 2. The fourth-order valence-electron chi connectivity index (χ4n) is 7.33. The standard InChI is InChI=1S/C49H37FN6O2/c1-2-40-32-45(47-44(51-40)29-30-46(52-47)58-41-26-24-39(50)25-27-41)57-33-34-23-28-42(35-15-7-3-8-16-35)43(31-34)48-53-55-56(54-48)49(36-17-9-4-10-18-36,37-19-11-5-12-20-37)38-21-13-6-14-22-38/h3-32H,2,33H2,1H3. The van der Waals surface area contributed by atoms with Crippen molar-refractivity contribution in [1.29, 1.82) is 0 Å². The Morgan fingerprint density at radius 1 is 0.621 bits per heavy atom. The third kappa shape index (κ3) is 7.05. The van der Waals surface area contributed by atoms with Gasteiger partial charge in [-0.3, -0.25) is 4.98 Å². The number of fused-ring (bicyclic) bond motifs is 1. The Labute approximate surface area is 335 Å². The zero-order chi connectivity index (χ0) is 39.3. The third-order valence-electron chi connectivity index (χ3n) is 10.1. The molecule has 0 spiro atoms. The summed E-state index contributed by atoms with van der Waals surface area (Å²) in [5.74, 6) is 1.52. The topological polar surface area (TPSA) is 87.8 Å². The summed E-state index contributed by atoms with van der Waals surface area (Å²) in [6.07, 6.45) is 0.716. The number of pyridine rings is 2. The van der Waals surface area contributed by atoms with Gasteiger partial charge in [-0.15, -0.1) is 15.0 Å². The molecule has 0 bridgehead atoms. The molecule has 0 aliphatic carbocycles. The Balaban J connectivity index is 1.12. The highest BCUT2D eigenvalue weighted by molar-refractivity contribution is 5.82. The summed E-state index contributed by atoms with van der Waals surface area (Å²) in [5.41, 5.74) is 7.87. The number of halogens is 1. The van der Waals surface area contributed by atoms with E-state index in [-0.39, 0.29) is 12.4 Å². The molecule has 0 aliphatic rings. The summed E-state index contributed by atoms with van der Waals surface area (Å²) in [6, 6.07) is 58.6. The van der Waals surface area contributed by atoms with Crippen LogP contribution in [0.4, 0.5) is 4.39 Å². The quantitative estimate of drug-likeness (QED) is 0.115. The van der Waals surface area contributed by atoms with E-state index >= 15 is 0 Å². The minimum Gasteiger partial charge on any atom is -0.486 e. The lowest BCUT2D eigenvalue weighted by atomic mass is 9.77. The van der Waals surface area contributed by atoms with Gasteiger partial charge in [0.25, 0.3) is 0 Å². The van der Waals surface area contributed by atoms with E-state index in [2.05, 4.69) is 66.7 Å². The lowest BCUT2D eigenvalue weighted by molar-refractivity contribution is 0.308. The zero-order valence-corrected chi connectivity index (χ0v) is 31.6. The van der Waals surface area contributed by atoms with E-state index in [1.807, 2.05) is 91.9 Å². The molecule has 282 valence electrons. The first-order valence-corrected chi connectivity index (χ1v) is 19.1. The molecule has 0 atom stereocenters. The Hall–Kier alpha value is -7.52. The van der Waals surface area contributed by atoms with E-state index in [1.54, 1.807) is 23.0 Å². The van der Waals surface area contributed by atoms with Crippen LogP contribution in [-0.2, 0) is 18.6 Å². The van der Waals surface area contributed by atoms with E-state index in [0.29, 0.717) is 40.7 Å². The number of aromatic nitrogens is 6. The molecule has 9 aromatic rings. The van der Waals surface area contributed by atoms with Gasteiger partial charge < -0.3 is 9.47 Å². The van der Waals surface area contributed by atoms with Crippen molar-refractivity contribution in [3.8, 4) is 39.9 Å². The molecule has 3 aromatic heterocycles. The molecule has 58 heavy (non-hydrogen) atoms. The van der Waals surface area contributed by atoms with Gasteiger partial charge in [-0.2, -0.15) is 0 Å². The maximum Gasteiger partial charge on any atom is 0.220 e. The Morgan fingerprint density at radius 2 is 1.24 bits per heavy atom. The lowest BCUT2D eigenvalue weighted by Crippen LogP contribution is -2.39. The van der Waals surface area contributed by atoms with E-state index in [0.717, 1.165) is 44.6 Å². The predicted octanol–water partition coefficient (Wildman–Crippen LogP) is 10.9. The molecule has 0 unspecified atom stereocenters. The number of hydrogen-bond donors (Lipinski definition) is 0. The molecule has 0 radical (unpaired) electrons. The molecule has 0 amide bonds. The summed E-state index contributed by atoms with van der Waals surface area (Å²) in [6.45, 7) is 2.28. The van der Waals surface area contributed by atoms with Gasteiger partial charge in [-0.25, -0.2) is 9.37 Å². The average molecular weight is 761 g/mol. The second-order valence-electron chi connectivity index (χ2n) is 13.8. The molecule has 3 heterocycles. The average Bonchev–Trinajstić information content (AvgIpc) is 3.78. The van der Waals surface area contributed by atoms with Crippen LogP contribution >= 0.6 is 0 Å². The summed E-state index contributed by atoms with van der Waals surface area (Å²) in [4.78, 5) is 11.3. The summed E-state index contributed by atoms with van der Waals surface area (Å²) in [7, 11) is 0. The first-order valence-electron chi connectivity index (χ1n) is 19.1. The highest BCUT2D eigenvalue weighted by Gasteiger charge is 2.41. The van der Waals surface area contributed by atoms with Crippen LogP contribution in [-0.4, -0.2) is 30.2 Å². The number of aryl methyl sites for hydroxylation is 1. The Bertz CT molecular complexity index is 2700. The van der Waals surface area contributed by atoms with Gasteiger partial charge in [0.05, 0.1) is 5.52 Å². The van der Waals surface area contributed by atoms with Gasteiger partial charge in [0, 0.05) is 23.4 Å². The number of benzene rings is 6. The first-order chi connectivity index (χ1) is 28.6. The van der Waals surface area contributed by atoms with Gasteiger partial charge in [0.2, 0.25) is 11.7 Å². The van der Waals surface area contributed by atoms with Crippen molar-refractivity contribution in [2.45, 2.75) is 25.5 Å². The van der Waals surface area contributed by atoms with E-state index in [1.165, 1.54) is 12.1 Å². The van der Waals surface area contributed by atoms with Crippen molar-refractivity contribution in [3.05, 3.63) is 216 Å². The Kier molecular flexibility index (Phi) is 9.92. The second-order valence-corrected chi connectivity index (χ2v) is 13.8. The summed E-state index contributed by atoms with van der Waals surface area (Å²) >= 11 is 0. The molecule has 0 N–H and O–H groups in total. The van der Waals surface area contributed by atoms with Crippen molar-refractivity contribution in [1.82, 2.24) is 30.2 Å². The Morgan fingerprint density at radius 3 is 1.86 bits per heavy atom. The van der Waals surface area contributed by atoms with Gasteiger partial charge in [0.15, 0.2) is 5.54 Å². The third-order valence-corrected chi connectivity index (χ3v) is 10.1. The van der Waals surface area contributed by atoms with Crippen LogP contribution in [0.3, 0.4) is 0 Å². The molecule has 9 heteroatoms. The lowest BCUT2D eigenvalue weighted by Gasteiger charge is -2.34. The zero-order valence-electron chi connectivity index (χ0n) is 31.6. The monoisotopic (exact) mass is 760 g/mol.